The van der Waals surface area contributed by atoms with Gasteiger partial charge in [0.25, 0.3) is 0 Å². The molecule has 0 bridgehead atoms. The van der Waals surface area contributed by atoms with Crippen molar-refractivity contribution in [3.8, 4) is 0 Å². The highest BCUT2D eigenvalue weighted by molar-refractivity contribution is 6.35. The van der Waals surface area contributed by atoms with E-state index < -0.39 is 0 Å². The molecule has 1 N–H and O–H groups in total. The molecule has 0 aliphatic heterocycles. The summed E-state index contributed by atoms with van der Waals surface area (Å²) in [5, 5.41) is 5.72. The lowest BCUT2D eigenvalue weighted by Crippen LogP contribution is -2.32. The van der Waals surface area contributed by atoms with E-state index in [9.17, 15) is 0 Å². The molecule has 1 aromatic carbocycles. The Kier molecular flexibility index (Phi) is 4.64. The second kappa shape index (κ2) is 6.64. The Morgan fingerprint density at radius 2 is 1.95 bits per heavy atom. The van der Waals surface area contributed by atoms with Crippen LogP contribution in [0.25, 0.3) is 10.9 Å². The zero-order valence-electron chi connectivity index (χ0n) is 11.9. The molecule has 20 heavy (non-hydrogen) atoms. The second-order valence-corrected chi connectivity index (χ2v) is 6.24. The summed E-state index contributed by atoms with van der Waals surface area (Å²) in [6.07, 6.45) is 10.2. The number of rotatable bonds is 5. The van der Waals surface area contributed by atoms with Crippen molar-refractivity contribution in [3.63, 3.8) is 0 Å². The highest BCUT2D eigenvalue weighted by Gasteiger charge is 2.12. The van der Waals surface area contributed by atoms with Crippen LogP contribution in [0.3, 0.4) is 0 Å². The fourth-order valence-electron chi connectivity index (χ4n) is 3.25. The molecule has 3 heteroatoms. The van der Waals surface area contributed by atoms with Crippen molar-refractivity contribution in [1.29, 1.82) is 0 Å². The summed E-state index contributed by atoms with van der Waals surface area (Å²) in [5.41, 5.74) is 1.25. The van der Waals surface area contributed by atoms with Crippen LogP contribution in [0.1, 0.15) is 38.5 Å². The van der Waals surface area contributed by atoms with Gasteiger partial charge in [0.05, 0.1) is 5.02 Å². The quantitative estimate of drug-likeness (QED) is 0.796. The molecule has 0 saturated heterocycles. The number of hydrogen-bond donors (Lipinski definition) is 1. The monoisotopic (exact) mass is 290 g/mol. The van der Waals surface area contributed by atoms with E-state index in [0.29, 0.717) is 0 Å². The van der Waals surface area contributed by atoms with Crippen LogP contribution in [0.4, 0.5) is 0 Å². The van der Waals surface area contributed by atoms with Gasteiger partial charge in [0, 0.05) is 29.7 Å². The van der Waals surface area contributed by atoms with Crippen LogP contribution in [-0.2, 0) is 6.54 Å². The first-order valence-electron chi connectivity index (χ1n) is 7.81. The number of halogens is 1. The maximum Gasteiger partial charge on any atom is 0.0661 e. The number of hydrogen-bond acceptors (Lipinski definition) is 1. The molecule has 0 atom stereocenters. The first kappa shape index (κ1) is 14.0. The van der Waals surface area contributed by atoms with Crippen molar-refractivity contribution < 1.29 is 0 Å². The molecule has 1 saturated carbocycles. The van der Waals surface area contributed by atoms with Gasteiger partial charge in [-0.15, -0.1) is 0 Å². The van der Waals surface area contributed by atoms with Crippen LogP contribution in [0, 0.1) is 0 Å². The van der Waals surface area contributed by atoms with Gasteiger partial charge in [0.15, 0.2) is 0 Å². The minimum Gasteiger partial charge on any atom is -0.346 e. The van der Waals surface area contributed by atoms with Crippen LogP contribution in [0.15, 0.2) is 30.5 Å². The van der Waals surface area contributed by atoms with Crippen molar-refractivity contribution in [2.24, 2.45) is 0 Å². The number of aryl methyl sites for hydroxylation is 1. The molecule has 0 amide bonds. The molecule has 2 aromatic rings. The van der Waals surface area contributed by atoms with E-state index in [0.717, 1.165) is 36.0 Å². The molecule has 1 fully saturated rings. The number of nitrogens with one attached hydrogen (secondary N) is 1. The van der Waals surface area contributed by atoms with Gasteiger partial charge in [0.1, 0.15) is 0 Å². The maximum absolute atomic E-state index is 6.28. The molecule has 3 rings (SSSR count). The van der Waals surface area contributed by atoms with Gasteiger partial charge >= 0.3 is 0 Å². The average Bonchev–Trinajstić information content (AvgIpc) is 2.82. The van der Waals surface area contributed by atoms with E-state index in [-0.39, 0.29) is 0 Å². The van der Waals surface area contributed by atoms with Crippen LogP contribution < -0.4 is 5.32 Å². The van der Waals surface area contributed by atoms with Gasteiger partial charge < -0.3 is 9.88 Å². The first-order chi connectivity index (χ1) is 9.84. The smallest absolute Gasteiger partial charge is 0.0661 e. The topological polar surface area (TPSA) is 17.0 Å². The van der Waals surface area contributed by atoms with E-state index in [2.05, 4.69) is 34.3 Å². The Morgan fingerprint density at radius 3 is 2.80 bits per heavy atom. The number of nitrogens with zero attached hydrogens (tertiary/aromatic N) is 1. The molecule has 1 aromatic heterocycles. The maximum atomic E-state index is 6.28. The molecule has 0 spiro atoms. The molecule has 1 aliphatic carbocycles. The van der Waals surface area contributed by atoms with Crippen molar-refractivity contribution in [1.82, 2.24) is 9.88 Å². The summed E-state index contributed by atoms with van der Waals surface area (Å²) < 4.78 is 2.28. The summed E-state index contributed by atoms with van der Waals surface area (Å²) in [6, 6.07) is 9.12. The first-order valence-corrected chi connectivity index (χ1v) is 8.19. The summed E-state index contributed by atoms with van der Waals surface area (Å²) in [4.78, 5) is 0. The predicted molar refractivity (Wildman–Crippen MR) is 86.4 cm³/mol. The third-order valence-electron chi connectivity index (χ3n) is 4.35. The average molecular weight is 291 g/mol. The molecular weight excluding hydrogens is 268 g/mol. The fourth-order valence-corrected chi connectivity index (χ4v) is 3.53. The lowest BCUT2D eigenvalue weighted by molar-refractivity contribution is 0.369. The summed E-state index contributed by atoms with van der Waals surface area (Å²) in [5.74, 6) is 0. The van der Waals surface area contributed by atoms with Crippen LogP contribution in [0.2, 0.25) is 5.02 Å². The Hall–Kier alpha value is -0.990. The van der Waals surface area contributed by atoms with Gasteiger partial charge in [0.2, 0.25) is 0 Å². The minimum absolute atomic E-state index is 0.758. The van der Waals surface area contributed by atoms with E-state index in [1.54, 1.807) is 0 Å². The van der Waals surface area contributed by atoms with Crippen molar-refractivity contribution >= 4 is 22.5 Å². The Bertz CT molecular complexity index is 555. The fraction of sp³-hybridized carbons (Fsp3) is 0.529. The van der Waals surface area contributed by atoms with Crippen molar-refractivity contribution in [2.75, 3.05) is 6.54 Å². The third kappa shape index (κ3) is 3.18. The Morgan fingerprint density at radius 1 is 1.15 bits per heavy atom. The molecule has 2 nitrogen and oxygen atoms in total. The summed E-state index contributed by atoms with van der Waals surface area (Å²) in [7, 11) is 0. The largest absolute Gasteiger partial charge is 0.346 e. The van der Waals surface area contributed by atoms with Gasteiger partial charge in [-0.25, -0.2) is 0 Å². The van der Waals surface area contributed by atoms with E-state index in [4.69, 9.17) is 11.6 Å². The van der Waals surface area contributed by atoms with Crippen molar-refractivity contribution in [3.05, 3.63) is 35.5 Å². The number of para-hydroxylation sites is 1. The van der Waals surface area contributed by atoms with E-state index in [1.807, 2.05) is 6.07 Å². The Balaban J connectivity index is 1.52. The SMILES string of the molecule is Clc1cn(CCCNC2CCCCC2)c2ccccc12. The van der Waals surface area contributed by atoms with E-state index >= 15 is 0 Å². The standard InChI is InChI=1S/C17H23ClN2/c18-16-13-20(17-10-5-4-9-15(16)17)12-6-11-19-14-7-2-1-3-8-14/h4-5,9-10,13-14,19H,1-3,6-8,11-12H2. The molecule has 0 radical (unpaired) electrons. The number of aromatic nitrogens is 1. The van der Waals surface area contributed by atoms with Gasteiger partial charge in [-0.05, 0) is 31.9 Å². The highest BCUT2D eigenvalue weighted by Crippen LogP contribution is 2.25. The number of fused-ring (bicyclic) bond motifs is 1. The summed E-state index contributed by atoms with van der Waals surface area (Å²) in [6.45, 7) is 2.14. The molecule has 1 heterocycles. The van der Waals surface area contributed by atoms with Crippen LogP contribution in [-0.4, -0.2) is 17.2 Å². The number of benzene rings is 1. The molecule has 0 unspecified atom stereocenters. The molecular formula is C17H23ClN2. The van der Waals surface area contributed by atoms with E-state index in [1.165, 1.54) is 37.6 Å². The van der Waals surface area contributed by atoms with Gasteiger partial charge in [-0.3, -0.25) is 0 Å². The zero-order chi connectivity index (χ0) is 13.8. The normalized spacial score (nSPS) is 16.9. The molecule has 108 valence electrons. The van der Waals surface area contributed by atoms with Gasteiger partial charge in [-0.2, -0.15) is 0 Å². The Labute approximate surface area is 126 Å². The zero-order valence-corrected chi connectivity index (χ0v) is 12.7. The minimum atomic E-state index is 0.758. The second-order valence-electron chi connectivity index (χ2n) is 5.83. The third-order valence-corrected chi connectivity index (χ3v) is 4.66. The highest BCUT2D eigenvalue weighted by atomic mass is 35.5. The van der Waals surface area contributed by atoms with Crippen LogP contribution >= 0.6 is 11.6 Å². The predicted octanol–water partition coefficient (Wildman–Crippen LogP) is 4.61. The van der Waals surface area contributed by atoms with Crippen LogP contribution in [0.5, 0.6) is 0 Å². The lowest BCUT2D eigenvalue weighted by atomic mass is 9.95. The van der Waals surface area contributed by atoms with Gasteiger partial charge in [-0.1, -0.05) is 49.1 Å². The summed E-state index contributed by atoms with van der Waals surface area (Å²) >= 11 is 6.28. The molecule has 1 aliphatic rings. The van der Waals surface area contributed by atoms with Crippen molar-refractivity contribution in [2.45, 2.75) is 51.1 Å². The lowest BCUT2D eigenvalue weighted by Gasteiger charge is -2.22.